The first-order valence-electron chi connectivity index (χ1n) is 6.99. The molecule has 0 aromatic rings. The number of nitrogens with zero attached hydrogens (tertiary/aromatic N) is 1. The summed E-state index contributed by atoms with van der Waals surface area (Å²) in [5, 5.41) is 19.1. The summed E-state index contributed by atoms with van der Waals surface area (Å²) in [5.74, 6) is 0.154. The van der Waals surface area contributed by atoms with Gasteiger partial charge in [-0.25, -0.2) is 4.79 Å². The van der Waals surface area contributed by atoms with Gasteiger partial charge in [-0.1, -0.05) is 6.92 Å². The molecule has 0 radical (unpaired) electrons. The van der Waals surface area contributed by atoms with Crippen molar-refractivity contribution in [2.75, 3.05) is 19.7 Å². The van der Waals surface area contributed by atoms with E-state index in [1.165, 1.54) is 0 Å². The molecule has 112 valence electrons. The Kier molecular flexibility index (Phi) is 5.62. The SMILES string of the molecule is CC(CO)CC1CN(C(=O)OC(C)(C)C)CCC1O. The molecule has 1 aliphatic heterocycles. The van der Waals surface area contributed by atoms with Crippen molar-refractivity contribution in [1.29, 1.82) is 0 Å². The number of hydrogen-bond donors (Lipinski definition) is 2. The molecule has 19 heavy (non-hydrogen) atoms. The Balaban J connectivity index is 2.56. The van der Waals surface area contributed by atoms with E-state index < -0.39 is 11.7 Å². The van der Waals surface area contributed by atoms with Crippen LogP contribution in [0.1, 0.15) is 40.5 Å². The molecule has 1 fully saturated rings. The summed E-state index contributed by atoms with van der Waals surface area (Å²) < 4.78 is 5.35. The third kappa shape index (κ3) is 5.37. The van der Waals surface area contributed by atoms with E-state index in [2.05, 4.69) is 0 Å². The minimum absolute atomic E-state index is 0.0171. The van der Waals surface area contributed by atoms with Crippen molar-refractivity contribution >= 4 is 6.09 Å². The molecule has 0 saturated carbocycles. The van der Waals surface area contributed by atoms with Gasteiger partial charge >= 0.3 is 6.09 Å². The standard InChI is InChI=1S/C14H27NO4/c1-10(9-16)7-11-8-15(6-5-12(11)17)13(18)19-14(2,3)4/h10-12,16-17H,5-9H2,1-4H3. The number of likely N-dealkylation sites (tertiary alicyclic amines) is 1. The molecule has 5 heteroatoms. The van der Waals surface area contributed by atoms with Crippen LogP contribution in [0.25, 0.3) is 0 Å². The van der Waals surface area contributed by atoms with Gasteiger partial charge in [-0.15, -0.1) is 0 Å². The van der Waals surface area contributed by atoms with Crippen LogP contribution < -0.4 is 0 Å². The second-order valence-corrected chi connectivity index (χ2v) is 6.57. The van der Waals surface area contributed by atoms with E-state index in [4.69, 9.17) is 9.84 Å². The number of carbonyl (C=O) groups is 1. The highest BCUT2D eigenvalue weighted by Gasteiger charge is 2.33. The fourth-order valence-corrected chi connectivity index (χ4v) is 2.34. The summed E-state index contributed by atoms with van der Waals surface area (Å²) in [4.78, 5) is 13.7. The number of aliphatic hydroxyl groups is 2. The summed E-state index contributed by atoms with van der Waals surface area (Å²) in [6.07, 6.45) is 0.577. The van der Waals surface area contributed by atoms with Crippen molar-refractivity contribution in [3.05, 3.63) is 0 Å². The zero-order valence-corrected chi connectivity index (χ0v) is 12.4. The molecule has 0 bridgehead atoms. The van der Waals surface area contributed by atoms with Crippen LogP contribution in [0.15, 0.2) is 0 Å². The highest BCUT2D eigenvalue weighted by molar-refractivity contribution is 5.68. The Hall–Kier alpha value is -0.810. The lowest BCUT2D eigenvalue weighted by molar-refractivity contribution is -0.0142. The predicted molar refractivity (Wildman–Crippen MR) is 72.8 cm³/mol. The lowest BCUT2D eigenvalue weighted by atomic mass is 9.87. The molecule has 0 aromatic carbocycles. The second-order valence-electron chi connectivity index (χ2n) is 6.57. The fourth-order valence-electron chi connectivity index (χ4n) is 2.34. The van der Waals surface area contributed by atoms with Crippen LogP contribution >= 0.6 is 0 Å². The van der Waals surface area contributed by atoms with Gasteiger partial charge in [-0.3, -0.25) is 0 Å². The number of piperidine rings is 1. The molecular weight excluding hydrogens is 246 g/mol. The Labute approximate surface area is 115 Å². The van der Waals surface area contributed by atoms with E-state index in [1.807, 2.05) is 27.7 Å². The number of hydrogen-bond acceptors (Lipinski definition) is 4. The van der Waals surface area contributed by atoms with Crippen molar-refractivity contribution < 1.29 is 19.7 Å². The summed E-state index contributed by atoms with van der Waals surface area (Å²) in [5.41, 5.74) is -0.499. The zero-order chi connectivity index (χ0) is 14.6. The molecule has 5 nitrogen and oxygen atoms in total. The lowest BCUT2D eigenvalue weighted by Crippen LogP contribution is -2.48. The van der Waals surface area contributed by atoms with Crippen molar-refractivity contribution in [2.24, 2.45) is 11.8 Å². The first-order valence-corrected chi connectivity index (χ1v) is 6.99. The molecule has 2 N–H and O–H groups in total. The van der Waals surface area contributed by atoms with Gasteiger partial charge in [-0.05, 0) is 39.5 Å². The number of amides is 1. The summed E-state index contributed by atoms with van der Waals surface area (Å²) >= 11 is 0. The quantitative estimate of drug-likeness (QED) is 0.820. The van der Waals surface area contributed by atoms with Gasteiger partial charge in [0, 0.05) is 25.6 Å². The summed E-state index contributed by atoms with van der Waals surface area (Å²) in [7, 11) is 0. The summed E-state index contributed by atoms with van der Waals surface area (Å²) in [6, 6.07) is 0. The van der Waals surface area contributed by atoms with E-state index >= 15 is 0 Å². The number of rotatable bonds is 3. The van der Waals surface area contributed by atoms with Crippen LogP contribution in [0.3, 0.4) is 0 Å². The number of ether oxygens (including phenoxy) is 1. The molecule has 1 saturated heterocycles. The molecule has 1 amide bonds. The monoisotopic (exact) mass is 273 g/mol. The highest BCUT2D eigenvalue weighted by atomic mass is 16.6. The van der Waals surface area contributed by atoms with E-state index in [1.54, 1.807) is 4.90 Å². The average molecular weight is 273 g/mol. The van der Waals surface area contributed by atoms with Crippen molar-refractivity contribution in [3.63, 3.8) is 0 Å². The summed E-state index contributed by atoms with van der Waals surface area (Å²) in [6.45, 7) is 8.61. The maximum absolute atomic E-state index is 12.0. The van der Waals surface area contributed by atoms with E-state index in [0.29, 0.717) is 19.5 Å². The first-order chi connectivity index (χ1) is 8.73. The Bertz CT molecular complexity index is 300. The molecule has 3 unspecified atom stereocenters. The van der Waals surface area contributed by atoms with Crippen molar-refractivity contribution in [3.8, 4) is 0 Å². The van der Waals surface area contributed by atoms with Crippen LogP contribution in [0, 0.1) is 11.8 Å². The average Bonchev–Trinajstić information content (AvgIpc) is 2.29. The molecule has 1 rings (SSSR count). The smallest absolute Gasteiger partial charge is 0.410 e. The van der Waals surface area contributed by atoms with Gasteiger partial charge in [0.25, 0.3) is 0 Å². The largest absolute Gasteiger partial charge is 0.444 e. The maximum Gasteiger partial charge on any atom is 0.410 e. The van der Waals surface area contributed by atoms with Crippen LogP contribution in [-0.4, -0.2) is 52.6 Å². The van der Waals surface area contributed by atoms with E-state index in [-0.39, 0.29) is 24.5 Å². The molecular formula is C14H27NO4. The predicted octanol–water partition coefficient (Wildman–Crippen LogP) is 1.62. The van der Waals surface area contributed by atoms with Crippen LogP contribution in [0.4, 0.5) is 4.79 Å². The molecule has 1 heterocycles. The molecule has 0 spiro atoms. The molecule has 0 aromatic heterocycles. The first kappa shape index (κ1) is 16.2. The van der Waals surface area contributed by atoms with Crippen molar-refractivity contribution in [1.82, 2.24) is 4.90 Å². The fraction of sp³-hybridized carbons (Fsp3) is 0.929. The highest BCUT2D eigenvalue weighted by Crippen LogP contribution is 2.25. The normalized spacial score (nSPS) is 26.1. The van der Waals surface area contributed by atoms with Gasteiger partial charge in [0.2, 0.25) is 0 Å². The molecule has 1 aliphatic rings. The Morgan fingerprint density at radius 3 is 2.63 bits per heavy atom. The van der Waals surface area contributed by atoms with Crippen LogP contribution in [-0.2, 0) is 4.74 Å². The minimum atomic E-state index is -0.499. The topological polar surface area (TPSA) is 70.0 Å². The van der Waals surface area contributed by atoms with Gasteiger partial charge in [0.1, 0.15) is 5.60 Å². The van der Waals surface area contributed by atoms with E-state index in [0.717, 1.165) is 6.42 Å². The number of aliphatic hydroxyl groups excluding tert-OH is 2. The Morgan fingerprint density at radius 1 is 1.47 bits per heavy atom. The van der Waals surface area contributed by atoms with Gasteiger partial charge in [0.15, 0.2) is 0 Å². The molecule has 3 atom stereocenters. The van der Waals surface area contributed by atoms with E-state index in [9.17, 15) is 9.90 Å². The van der Waals surface area contributed by atoms with Crippen LogP contribution in [0.5, 0.6) is 0 Å². The van der Waals surface area contributed by atoms with Gasteiger partial charge in [-0.2, -0.15) is 0 Å². The second kappa shape index (κ2) is 6.57. The lowest BCUT2D eigenvalue weighted by Gasteiger charge is -2.37. The zero-order valence-electron chi connectivity index (χ0n) is 12.4. The van der Waals surface area contributed by atoms with Crippen LogP contribution in [0.2, 0.25) is 0 Å². The third-order valence-electron chi connectivity index (χ3n) is 3.36. The third-order valence-corrected chi connectivity index (χ3v) is 3.36. The maximum atomic E-state index is 12.0. The minimum Gasteiger partial charge on any atom is -0.444 e. The Morgan fingerprint density at radius 2 is 2.11 bits per heavy atom. The van der Waals surface area contributed by atoms with Gasteiger partial charge in [0.05, 0.1) is 6.10 Å². The molecule has 0 aliphatic carbocycles. The van der Waals surface area contributed by atoms with Gasteiger partial charge < -0.3 is 19.8 Å². The van der Waals surface area contributed by atoms with Crippen molar-refractivity contribution in [2.45, 2.75) is 52.2 Å². The number of carbonyl (C=O) groups excluding carboxylic acids is 1.